The highest BCUT2D eigenvalue weighted by atomic mass is 32.2. The number of benzene rings is 1. The topological polar surface area (TPSA) is 142 Å². The summed E-state index contributed by atoms with van der Waals surface area (Å²) in [6.45, 7) is 5.58. The van der Waals surface area contributed by atoms with E-state index in [1.165, 1.54) is 16.4 Å². The van der Waals surface area contributed by atoms with E-state index in [0.717, 1.165) is 10.6 Å². The molecule has 2 heterocycles. The third kappa shape index (κ3) is 7.24. The highest BCUT2D eigenvalue weighted by molar-refractivity contribution is 7.89. The molecule has 2 N–H and O–H groups in total. The molecule has 0 bridgehead atoms. The molecule has 0 radical (unpaired) electrons. The van der Waals surface area contributed by atoms with Crippen LogP contribution in [0.25, 0.3) is 0 Å². The third-order valence-corrected chi connectivity index (χ3v) is 9.33. The van der Waals surface area contributed by atoms with Crippen LogP contribution in [0.4, 0.5) is 20.5 Å². The monoisotopic (exact) mass is 563 g/mol. The first-order valence-electron chi connectivity index (χ1n) is 11.8. The fourth-order valence-corrected chi connectivity index (χ4v) is 6.58. The number of rotatable bonds is 10. The molecule has 3 rings (SSSR count). The number of nitrogens with one attached hydrogen (secondary N) is 2. The van der Waals surface area contributed by atoms with E-state index >= 15 is 0 Å². The minimum atomic E-state index is -4.29. The average molecular weight is 564 g/mol. The van der Waals surface area contributed by atoms with Gasteiger partial charge >= 0.3 is 10.2 Å². The molecule has 206 valence electrons. The second-order valence-electron chi connectivity index (χ2n) is 8.87. The quantitative estimate of drug-likeness (QED) is 0.449. The van der Waals surface area contributed by atoms with Gasteiger partial charge in [0.2, 0.25) is 10.0 Å². The van der Waals surface area contributed by atoms with Crippen molar-refractivity contribution in [3.8, 4) is 0 Å². The second-order valence-corrected chi connectivity index (χ2v) is 12.6. The molecule has 0 atom stereocenters. The molecule has 0 saturated carbocycles. The minimum Gasteiger partial charge on any atom is -0.431 e. The van der Waals surface area contributed by atoms with Gasteiger partial charge in [-0.25, -0.2) is 26.2 Å². The Labute approximate surface area is 215 Å². The van der Waals surface area contributed by atoms with Crippen LogP contribution in [0.2, 0.25) is 0 Å². The summed E-state index contributed by atoms with van der Waals surface area (Å²) < 4.78 is 86.0. The summed E-state index contributed by atoms with van der Waals surface area (Å²) in [6.07, 6.45) is -1.02. The summed E-state index contributed by atoms with van der Waals surface area (Å²) in [4.78, 5) is 16.6. The molecule has 1 aromatic heterocycles. The number of aromatic nitrogens is 1. The normalized spacial score (nSPS) is 16.2. The number of amides is 1. The van der Waals surface area contributed by atoms with Crippen LogP contribution in [0.3, 0.4) is 0 Å². The third-order valence-electron chi connectivity index (χ3n) is 5.76. The Bertz CT molecular complexity index is 1310. The first kappa shape index (κ1) is 28.9. The number of halogens is 2. The zero-order valence-electron chi connectivity index (χ0n) is 20.8. The molecule has 0 aliphatic carbocycles. The first-order valence-corrected chi connectivity index (χ1v) is 14.8. The van der Waals surface area contributed by atoms with Gasteiger partial charge in [-0.2, -0.15) is 17.7 Å². The lowest BCUT2D eigenvalue weighted by molar-refractivity contribution is 0.0974. The molecule has 0 spiro atoms. The van der Waals surface area contributed by atoms with Gasteiger partial charge in [0.25, 0.3) is 18.3 Å². The molecule has 37 heavy (non-hydrogen) atoms. The van der Waals surface area contributed by atoms with Crippen molar-refractivity contribution in [2.45, 2.75) is 46.0 Å². The summed E-state index contributed by atoms with van der Waals surface area (Å²) in [5.74, 6) is -1.09. The summed E-state index contributed by atoms with van der Waals surface area (Å²) in [7, 11) is -7.77. The van der Waals surface area contributed by atoms with Gasteiger partial charge in [0.1, 0.15) is 6.26 Å². The number of sulfonamides is 1. The van der Waals surface area contributed by atoms with Crippen LogP contribution in [-0.2, 0) is 20.2 Å². The fraction of sp³-hybridized carbons (Fsp3) is 0.545. The Morgan fingerprint density at radius 1 is 1.11 bits per heavy atom. The van der Waals surface area contributed by atoms with E-state index in [1.54, 1.807) is 13.0 Å². The van der Waals surface area contributed by atoms with E-state index in [4.69, 9.17) is 4.42 Å². The zero-order chi connectivity index (χ0) is 27.4. The van der Waals surface area contributed by atoms with Crippen LogP contribution in [-0.4, -0.2) is 68.3 Å². The average Bonchev–Trinajstić information content (AvgIpc) is 3.11. The van der Waals surface area contributed by atoms with Crippen molar-refractivity contribution in [3.63, 3.8) is 0 Å². The standard InChI is InChI=1S/C22H31F2N5O6S2/c1-4-12-36(31,32)28-8-5-9-29(11-10-28)37(33,34)27-21(30)19-14-35-22(26-19)25-18-13-16(20(23)24)6-7-17(18)15(2)3/h6-7,13-15,20H,4-5,8-12H2,1-3H3,(H,25,26)(H,27,30). The van der Waals surface area contributed by atoms with Gasteiger partial charge in [-0.3, -0.25) is 4.79 Å². The van der Waals surface area contributed by atoms with E-state index in [1.807, 2.05) is 18.6 Å². The number of anilines is 2. The molecule has 1 saturated heterocycles. The molecular formula is C22H31F2N5O6S2. The van der Waals surface area contributed by atoms with Gasteiger partial charge in [0, 0.05) is 37.4 Å². The number of carbonyl (C=O) groups excluding carboxylic acids is 1. The predicted octanol–water partition coefficient (Wildman–Crippen LogP) is 3.20. The van der Waals surface area contributed by atoms with Crippen molar-refractivity contribution in [3.05, 3.63) is 41.3 Å². The SMILES string of the molecule is CCCS(=O)(=O)N1CCCN(S(=O)(=O)NC(=O)c2coc(Nc3cc(C(F)F)ccc3C(C)C)n2)CC1. The maximum atomic E-state index is 13.2. The van der Waals surface area contributed by atoms with Crippen molar-refractivity contribution in [1.82, 2.24) is 18.3 Å². The lowest BCUT2D eigenvalue weighted by Crippen LogP contribution is -2.45. The number of carbonyl (C=O) groups is 1. The van der Waals surface area contributed by atoms with Gasteiger partial charge < -0.3 is 9.73 Å². The van der Waals surface area contributed by atoms with Gasteiger partial charge in [-0.15, -0.1) is 0 Å². The van der Waals surface area contributed by atoms with E-state index < -0.39 is 32.6 Å². The second kappa shape index (κ2) is 11.8. The van der Waals surface area contributed by atoms with Crippen LogP contribution in [0.5, 0.6) is 0 Å². The van der Waals surface area contributed by atoms with E-state index in [9.17, 15) is 30.4 Å². The summed E-state index contributed by atoms with van der Waals surface area (Å²) in [5, 5.41) is 2.77. The van der Waals surface area contributed by atoms with Gasteiger partial charge in [0.05, 0.1) is 5.75 Å². The van der Waals surface area contributed by atoms with Crippen molar-refractivity contribution in [2.75, 3.05) is 37.2 Å². The molecule has 1 amide bonds. The van der Waals surface area contributed by atoms with Gasteiger partial charge in [-0.05, 0) is 30.4 Å². The highest BCUT2D eigenvalue weighted by Gasteiger charge is 2.31. The van der Waals surface area contributed by atoms with Crippen LogP contribution in [0.1, 0.15) is 67.6 Å². The summed E-state index contributed by atoms with van der Waals surface area (Å²) in [6, 6.07) is 3.97. The molecule has 1 aliphatic heterocycles. The Kier molecular flexibility index (Phi) is 9.26. The van der Waals surface area contributed by atoms with E-state index in [-0.39, 0.29) is 61.5 Å². The molecule has 0 unspecified atom stereocenters. The lowest BCUT2D eigenvalue weighted by atomic mass is 9.99. The Morgan fingerprint density at radius 3 is 2.43 bits per heavy atom. The van der Waals surface area contributed by atoms with E-state index in [0.29, 0.717) is 17.7 Å². The van der Waals surface area contributed by atoms with Crippen LogP contribution in [0.15, 0.2) is 28.9 Å². The number of alkyl halides is 2. The van der Waals surface area contributed by atoms with Gasteiger partial charge in [0.15, 0.2) is 5.69 Å². The number of hydrogen-bond donors (Lipinski definition) is 2. The molecule has 1 aromatic carbocycles. The Morgan fingerprint density at radius 2 is 1.78 bits per heavy atom. The van der Waals surface area contributed by atoms with Crippen molar-refractivity contribution >= 4 is 37.8 Å². The Balaban J connectivity index is 1.69. The van der Waals surface area contributed by atoms with Crippen molar-refractivity contribution in [2.24, 2.45) is 0 Å². The maximum absolute atomic E-state index is 13.2. The number of nitrogens with zero attached hydrogens (tertiary/aromatic N) is 3. The Hall–Kier alpha value is -2.62. The molecule has 1 aliphatic rings. The lowest BCUT2D eigenvalue weighted by Gasteiger charge is -2.21. The molecule has 2 aromatic rings. The fourth-order valence-electron chi connectivity index (χ4n) is 3.88. The van der Waals surface area contributed by atoms with Crippen molar-refractivity contribution in [1.29, 1.82) is 0 Å². The largest absolute Gasteiger partial charge is 0.431 e. The predicted molar refractivity (Wildman–Crippen MR) is 134 cm³/mol. The number of oxazole rings is 1. The van der Waals surface area contributed by atoms with Crippen LogP contribution in [0, 0.1) is 0 Å². The highest BCUT2D eigenvalue weighted by Crippen LogP contribution is 2.31. The molecule has 1 fully saturated rings. The molecular weight excluding hydrogens is 532 g/mol. The van der Waals surface area contributed by atoms with Crippen LogP contribution >= 0.6 is 0 Å². The van der Waals surface area contributed by atoms with Gasteiger partial charge in [-0.1, -0.05) is 32.9 Å². The zero-order valence-corrected chi connectivity index (χ0v) is 22.4. The molecule has 15 heteroatoms. The maximum Gasteiger partial charge on any atom is 0.304 e. The number of hydrogen-bond acceptors (Lipinski definition) is 8. The van der Waals surface area contributed by atoms with E-state index in [2.05, 4.69) is 10.3 Å². The van der Waals surface area contributed by atoms with Crippen molar-refractivity contribution < 1.29 is 34.8 Å². The van der Waals surface area contributed by atoms with Crippen LogP contribution < -0.4 is 10.0 Å². The summed E-state index contributed by atoms with van der Waals surface area (Å²) in [5.41, 5.74) is 0.485. The summed E-state index contributed by atoms with van der Waals surface area (Å²) >= 11 is 0. The minimum absolute atomic E-state index is 0.0152. The first-order chi connectivity index (χ1) is 17.3. The smallest absolute Gasteiger partial charge is 0.304 e. The molecule has 11 nitrogen and oxygen atoms in total.